The molecule has 3 rings (SSSR count). The number of alkyl halides is 1. The standard InChI is InChI=1S/C31H42Cl2N8O4/c1-8-28(42)37-25-16-22(41-14-12-40(9-2)13-15-41)10-11-24(25)36-20(3)34-19-35-21(4)39(5)31(43)38-30-23(18-32)26(44-6)17-27(45-7)29(30)33/h8,10-11,16-17,19,21H,1,9,12-15,18H2,2-7H3,(H,37,42)(H,38,43)(H,34,35,36). The van der Waals surface area contributed by atoms with Crippen molar-refractivity contribution in [1.82, 2.24) is 9.80 Å². The molecule has 0 aromatic heterocycles. The van der Waals surface area contributed by atoms with E-state index < -0.39 is 12.2 Å². The Morgan fingerprint density at radius 2 is 1.78 bits per heavy atom. The minimum Gasteiger partial charge on any atom is -0.496 e. The summed E-state index contributed by atoms with van der Waals surface area (Å²) in [6, 6.07) is 7.01. The van der Waals surface area contributed by atoms with Crippen LogP contribution in [-0.4, -0.2) is 94.1 Å². The van der Waals surface area contributed by atoms with Gasteiger partial charge < -0.3 is 40.1 Å². The third-order valence-electron chi connectivity index (χ3n) is 7.46. The molecule has 244 valence electrons. The summed E-state index contributed by atoms with van der Waals surface area (Å²) in [4.78, 5) is 40.1. The van der Waals surface area contributed by atoms with Crippen LogP contribution in [0.4, 0.5) is 27.5 Å². The average molecular weight is 662 g/mol. The summed E-state index contributed by atoms with van der Waals surface area (Å²) in [6.07, 6.45) is 2.02. The fraction of sp³-hybridized carbons (Fsp3) is 0.419. The summed E-state index contributed by atoms with van der Waals surface area (Å²) in [5.74, 6) is 1.03. The van der Waals surface area contributed by atoms with E-state index in [-0.39, 0.29) is 16.8 Å². The topological polar surface area (TPSA) is 123 Å². The molecule has 0 bridgehead atoms. The number of urea groups is 1. The van der Waals surface area contributed by atoms with E-state index in [0.717, 1.165) is 38.4 Å². The van der Waals surface area contributed by atoms with Crippen molar-refractivity contribution in [2.24, 2.45) is 9.98 Å². The van der Waals surface area contributed by atoms with Crippen LogP contribution in [-0.2, 0) is 10.7 Å². The maximum absolute atomic E-state index is 13.1. The van der Waals surface area contributed by atoms with E-state index in [0.29, 0.717) is 40.0 Å². The van der Waals surface area contributed by atoms with E-state index in [1.54, 1.807) is 27.0 Å². The van der Waals surface area contributed by atoms with Crippen molar-refractivity contribution in [3.8, 4) is 11.5 Å². The summed E-state index contributed by atoms with van der Waals surface area (Å²) >= 11 is 12.6. The first-order chi connectivity index (χ1) is 21.6. The highest BCUT2D eigenvalue weighted by Gasteiger charge is 2.23. The van der Waals surface area contributed by atoms with Gasteiger partial charge in [-0.3, -0.25) is 4.79 Å². The van der Waals surface area contributed by atoms with Gasteiger partial charge in [-0.2, -0.15) is 0 Å². The predicted molar refractivity (Wildman–Crippen MR) is 185 cm³/mol. The SMILES string of the molecule is C=CC(=O)Nc1cc(N2CCN(CC)CC2)ccc1NC(C)=NC=NC(C)N(C)C(=O)Nc1c(Cl)c(OC)cc(OC)c1CCl. The quantitative estimate of drug-likeness (QED) is 0.115. The largest absolute Gasteiger partial charge is 0.496 e. The second-order valence-electron chi connectivity index (χ2n) is 10.2. The number of ether oxygens (including phenoxy) is 2. The zero-order valence-electron chi connectivity index (χ0n) is 26.6. The number of nitrogens with one attached hydrogen (secondary N) is 3. The molecule has 0 aliphatic carbocycles. The first-order valence-corrected chi connectivity index (χ1v) is 15.4. The Morgan fingerprint density at radius 1 is 1.09 bits per heavy atom. The van der Waals surface area contributed by atoms with Crippen molar-refractivity contribution in [2.75, 3.05) is 74.8 Å². The molecule has 1 unspecified atom stereocenters. The molecule has 1 aliphatic heterocycles. The monoisotopic (exact) mass is 660 g/mol. The number of amidine groups is 1. The van der Waals surface area contributed by atoms with E-state index in [4.69, 9.17) is 32.7 Å². The first kappa shape index (κ1) is 35.5. The molecule has 1 fully saturated rings. The molecule has 1 aliphatic rings. The van der Waals surface area contributed by atoms with Gasteiger partial charge in [-0.25, -0.2) is 14.8 Å². The van der Waals surface area contributed by atoms with E-state index in [1.807, 2.05) is 18.2 Å². The van der Waals surface area contributed by atoms with Crippen LogP contribution in [0.1, 0.15) is 26.3 Å². The Bertz CT molecular complexity index is 1430. The molecule has 1 atom stereocenters. The highest BCUT2D eigenvalue weighted by molar-refractivity contribution is 6.35. The molecule has 0 spiro atoms. The van der Waals surface area contributed by atoms with Crippen LogP contribution in [0, 0.1) is 0 Å². The summed E-state index contributed by atoms with van der Waals surface area (Å²) < 4.78 is 10.7. The molecule has 1 saturated heterocycles. The number of nitrogens with zero attached hydrogens (tertiary/aromatic N) is 5. The number of hydrogen-bond donors (Lipinski definition) is 3. The van der Waals surface area contributed by atoms with E-state index >= 15 is 0 Å². The molecular formula is C31H42Cl2N8O4. The molecule has 1 heterocycles. The van der Waals surface area contributed by atoms with Crippen molar-refractivity contribution < 1.29 is 19.1 Å². The number of piperazine rings is 1. The normalized spacial score (nSPS) is 14.6. The molecule has 3 amide bonds. The van der Waals surface area contributed by atoms with Gasteiger partial charge in [-0.1, -0.05) is 25.1 Å². The van der Waals surface area contributed by atoms with Crippen LogP contribution in [0.5, 0.6) is 11.5 Å². The summed E-state index contributed by atoms with van der Waals surface area (Å²) in [5.41, 5.74) is 3.11. The number of carbonyl (C=O) groups excluding carboxylic acids is 2. The molecule has 2 aromatic rings. The number of aliphatic imine (C=N–C) groups is 2. The van der Waals surface area contributed by atoms with Crippen LogP contribution in [0.2, 0.25) is 5.02 Å². The maximum Gasteiger partial charge on any atom is 0.323 e. The Balaban J connectivity index is 1.70. The lowest BCUT2D eigenvalue weighted by molar-refractivity contribution is -0.111. The van der Waals surface area contributed by atoms with Crippen LogP contribution in [0.3, 0.4) is 0 Å². The minimum atomic E-state index is -0.581. The lowest BCUT2D eigenvalue weighted by Gasteiger charge is -2.35. The number of benzene rings is 2. The molecule has 0 saturated carbocycles. The summed E-state index contributed by atoms with van der Waals surface area (Å²) in [7, 11) is 4.55. The lowest BCUT2D eigenvalue weighted by atomic mass is 10.1. The number of rotatable bonds is 12. The van der Waals surface area contributed by atoms with Crippen molar-refractivity contribution >= 4 is 70.1 Å². The van der Waals surface area contributed by atoms with Gasteiger partial charge in [0.2, 0.25) is 5.91 Å². The van der Waals surface area contributed by atoms with E-state index in [1.165, 1.54) is 31.5 Å². The fourth-order valence-electron chi connectivity index (χ4n) is 4.60. The zero-order valence-corrected chi connectivity index (χ0v) is 28.1. The van der Waals surface area contributed by atoms with Crippen LogP contribution in [0.15, 0.2) is 46.9 Å². The number of methoxy groups -OCH3 is 2. The molecule has 0 radical (unpaired) electrons. The summed E-state index contributed by atoms with van der Waals surface area (Å²) in [6.45, 7) is 14.1. The average Bonchev–Trinajstić information content (AvgIpc) is 3.05. The Labute approximate surface area is 275 Å². The molecule has 3 N–H and O–H groups in total. The van der Waals surface area contributed by atoms with Crippen molar-refractivity contribution in [1.29, 1.82) is 0 Å². The maximum atomic E-state index is 13.1. The van der Waals surface area contributed by atoms with Gasteiger partial charge >= 0.3 is 6.03 Å². The van der Waals surface area contributed by atoms with Gasteiger partial charge in [0.15, 0.2) is 0 Å². The number of amides is 3. The molecule has 45 heavy (non-hydrogen) atoms. The highest BCUT2D eigenvalue weighted by Crippen LogP contribution is 2.42. The third-order valence-corrected chi connectivity index (χ3v) is 8.11. The number of carbonyl (C=O) groups is 2. The minimum absolute atomic E-state index is 0.0541. The second kappa shape index (κ2) is 16.9. The van der Waals surface area contributed by atoms with Gasteiger partial charge in [0, 0.05) is 50.5 Å². The Morgan fingerprint density at radius 3 is 2.38 bits per heavy atom. The Kier molecular flexibility index (Phi) is 13.3. The highest BCUT2D eigenvalue weighted by atomic mass is 35.5. The first-order valence-electron chi connectivity index (χ1n) is 14.5. The lowest BCUT2D eigenvalue weighted by Crippen LogP contribution is -2.46. The van der Waals surface area contributed by atoms with Crippen LogP contribution in [0.25, 0.3) is 0 Å². The predicted octanol–water partition coefficient (Wildman–Crippen LogP) is 5.73. The number of hydrogen-bond acceptors (Lipinski definition) is 7. The summed E-state index contributed by atoms with van der Waals surface area (Å²) in [5, 5.41) is 9.10. The van der Waals surface area contributed by atoms with Gasteiger partial charge in [-0.15, -0.1) is 11.6 Å². The second-order valence-corrected chi connectivity index (χ2v) is 10.8. The number of likely N-dealkylation sites (N-methyl/N-ethyl adjacent to an activating group) is 1. The van der Waals surface area contributed by atoms with Gasteiger partial charge in [0.25, 0.3) is 0 Å². The molecule has 2 aromatic carbocycles. The number of halogens is 2. The molecule has 12 nitrogen and oxygen atoms in total. The third kappa shape index (κ3) is 9.25. The van der Waals surface area contributed by atoms with Crippen LogP contribution >= 0.6 is 23.2 Å². The molecular weight excluding hydrogens is 619 g/mol. The smallest absolute Gasteiger partial charge is 0.323 e. The molecule has 14 heteroatoms. The van der Waals surface area contributed by atoms with Gasteiger partial charge in [-0.05, 0) is 44.7 Å². The van der Waals surface area contributed by atoms with Gasteiger partial charge in [0.1, 0.15) is 34.9 Å². The van der Waals surface area contributed by atoms with Gasteiger partial charge in [0.05, 0.1) is 37.2 Å². The zero-order chi connectivity index (χ0) is 33.1. The van der Waals surface area contributed by atoms with Crippen molar-refractivity contribution in [2.45, 2.75) is 32.8 Å². The van der Waals surface area contributed by atoms with Crippen LogP contribution < -0.4 is 30.3 Å². The van der Waals surface area contributed by atoms with Crippen molar-refractivity contribution in [3.05, 3.63) is 47.5 Å². The van der Waals surface area contributed by atoms with E-state index in [9.17, 15) is 9.59 Å². The number of anilines is 4. The fourth-order valence-corrected chi connectivity index (χ4v) is 5.16. The Hall–Kier alpha value is -4.00. The van der Waals surface area contributed by atoms with E-state index in [2.05, 4.69) is 49.2 Å². The van der Waals surface area contributed by atoms with Crippen molar-refractivity contribution in [3.63, 3.8) is 0 Å².